The van der Waals surface area contributed by atoms with Crippen LogP contribution >= 0.6 is 0 Å². The summed E-state index contributed by atoms with van der Waals surface area (Å²) in [6.07, 6.45) is 2.71. The number of benzene rings is 1. The Hall–Kier alpha value is -1.92. The molecule has 2 aliphatic rings. The lowest BCUT2D eigenvalue weighted by molar-refractivity contribution is -0.116. The Morgan fingerprint density at radius 1 is 1.12 bits per heavy atom. The molecule has 4 rings (SSSR count). The highest BCUT2D eigenvalue weighted by Gasteiger charge is 2.49. The summed E-state index contributed by atoms with van der Waals surface area (Å²) >= 11 is 0. The summed E-state index contributed by atoms with van der Waals surface area (Å²) in [5.41, 5.74) is 3.78. The number of hydrogen-bond donors (Lipinski definition) is 1. The third-order valence-corrected chi connectivity index (χ3v) is 9.14. The molecule has 2 aliphatic carbocycles. The van der Waals surface area contributed by atoms with E-state index in [1.54, 1.807) is 6.92 Å². The lowest BCUT2D eigenvalue weighted by Gasteiger charge is -2.33. The normalized spacial score (nSPS) is 24.5. The summed E-state index contributed by atoms with van der Waals surface area (Å²) in [6.45, 7) is 12.2. The number of hydrogen-bond acceptors (Lipinski definition) is 5. The number of rotatable bonds is 7. The standard InChI is InChI=1S/C27H36O5S/c1-15(2)21-9-17(5)10-22(16(3)4)23(21)12-20(28)14-33(30,31)25-13-24-26(32-25)18-7-8-19(11-18)27(24,6)29/h9-10,13,15-16,18-19,29H,7-8,11-12,14H2,1-6H3. The molecule has 0 radical (unpaired) electrons. The average molecular weight is 473 g/mol. The predicted molar refractivity (Wildman–Crippen MR) is 128 cm³/mol. The molecule has 180 valence electrons. The van der Waals surface area contributed by atoms with Gasteiger partial charge in [-0.05, 0) is 67.6 Å². The van der Waals surface area contributed by atoms with Gasteiger partial charge in [0.2, 0.25) is 14.9 Å². The highest BCUT2D eigenvalue weighted by Crippen LogP contribution is 2.55. The van der Waals surface area contributed by atoms with Gasteiger partial charge in [-0.1, -0.05) is 45.4 Å². The van der Waals surface area contributed by atoms with Crippen molar-refractivity contribution in [1.29, 1.82) is 0 Å². The van der Waals surface area contributed by atoms with Crippen molar-refractivity contribution < 1.29 is 22.7 Å². The van der Waals surface area contributed by atoms with E-state index in [4.69, 9.17) is 4.42 Å². The van der Waals surface area contributed by atoms with Crippen molar-refractivity contribution in [3.05, 3.63) is 51.8 Å². The van der Waals surface area contributed by atoms with Crippen LogP contribution in [0.2, 0.25) is 0 Å². The summed E-state index contributed by atoms with van der Waals surface area (Å²) in [5.74, 6) is 0.383. The molecule has 2 aromatic rings. The number of carbonyl (C=O) groups is 1. The lowest BCUT2D eigenvalue weighted by atomic mass is 9.76. The number of furan rings is 1. The first-order chi connectivity index (χ1) is 15.3. The molecule has 5 nitrogen and oxygen atoms in total. The number of Topliss-reactive ketones (excluding diaryl/α,β-unsaturated/α-hetero) is 1. The van der Waals surface area contributed by atoms with Gasteiger partial charge in [-0.25, -0.2) is 8.42 Å². The van der Waals surface area contributed by atoms with Crippen LogP contribution < -0.4 is 0 Å². The van der Waals surface area contributed by atoms with Crippen LogP contribution in [0, 0.1) is 12.8 Å². The van der Waals surface area contributed by atoms with Gasteiger partial charge in [-0.2, -0.15) is 0 Å². The molecule has 1 N–H and O–H groups in total. The molecule has 2 bridgehead atoms. The summed E-state index contributed by atoms with van der Waals surface area (Å²) in [6, 6.07) is 5.67. The minimum absolute atomic E-state index is 0.0867. The summed E-state index contributed by atoms with van der Waals surface area (Å²) in [7, 11) is -3.94. The smallest absolute Gasteiger partial charge is 0.219 e. The molecule has 1 aromatic carbocycles. The molecule has 1 saturated carbocycles. The first-order valence-corrected chi connectivity index (χ1v) is 13.7. The topological polar surface area (TPSA) is 84.6 Å². The van der Waals surface area contributed by atoms with Crippen LogP contribution in [0.3, 0.4) is 0 Å². The Morgan fingerprint density at radius 2 is 1.73 bits per heavy atom. The van der Waals surface area contributed by atoms with Gasteiger partial charge < -0.3 is 9.52 Å². The van der Waals surface area contributed by atoms with Crippen molar-refractivity contribution in [1.82, 2.24) is 0 Å². The Kier molecular flexibility index (Phi) is 6.15. The number of ketones is 1. The summed E-state index contributed by atoms with van der Waals surface area (Å²) in [4.78, 5) is 13.1. The second-order valence-electron chi connectivity index (χ2n) is 10.9. The monoisotopic (exact) mass is 472 g/mol. The molecular weight excluding hydrogens is 436 g/mol. The van der Waals surface area contributed by atoms with Gasteiger partial charge in [0.1, 0.15) is 11.5 Å². The molecule has 0 aliphatic heterocycles. The number of carbonyl (C=O) groups excluding carboxylic acids is 1. The van der Waals surface area contributed by atoms with Crippen molar-refractivity contribution in [2.24, 2.45) is 5.92 Å². The maximum absolute atomic E-state index is 13.2. The minimum Gasteiger partial charge on any atom is -0.449 e. The van der Waals surface area contributed by atoms with Gasteiger partial charge >= 0.3 is 0 Å². The van der Waals surface area contributed by atoms with E-state index in [1.165, 1.54) is 6.07 Å². The molecule has 1 heterocycles. The second-order valence-corrected chi connectivity index (χ2v) is 12.8. The van der Waals surface area contributed by atoms with E-state index in [0.717, 1.165) is 41.5 Å². The van der Waals surface area contributed by atoms with E-state index in [0.29, 0.717) is 11.3 Å². The molecule has 6 heteroatoms. The van der Waals surface area contributed by atoms with Gasteiger partial charge in [-0.15, -0.1) is 0 Å². The van der Waals surface area contributed by atoms with E-state index < -0.39 is 21.2 Å². The fourth-order valence-corrected chi connectivity index (χ4v) is 7.01. The second kappa shape index (κ2) is 8.38. The Labute approximate surface area is 197 Å². The number of aryl methyl sites for hydroxylation is 1. The zero-order valence-electron chi connectivity index (χ0n) is 20.6. The molecule has 1 fully saturated rings. The highest BCUT2D eigenvalue weighted by atomic mass is 32.2. The zero-order chi connectivity index (χ0) is 24.3. The highest BCUT2D eigenvalue weighted by molar-refractivity contribution is 7.92. The van der Waals surface area contributed by atoms with Crippen molar-refractivity contribution >= 4 is 15.6 Å². The molecule has 3 unspecified atom stereocenters. The van der Waals surface area contributed by atoms with Crippen molar-refractivity contribution in [2.45, 2.75) is 95.7 Å². The molecule has 0 amide bonds. The first kappa shape index (κ1) is 24.2. The molecule has 0 spiro atoms. The Bertz CT molecular complexity index is 1150. The maximum Gasteiger partial charge on any atom is 0.219 e. The van der Waals surface area contributed by atoms with E-state index in [9.17, 15) is 18.3 Å². The van der Waals surface area contributed by atoms with E-state index in [1.807, 2.05) is 6.92 Å². The van der Waals surface area contributed by atoms with Crippen LogP contribution in [0.1, 0.15) is 105 Å². The average Bonchev–Trinajstić information content (AvgIpc) is 3.34. The Morgan fingerprint density at radius 3 is 2.30 bits per heavy atom. The van der Waals surface area contributed by atoms with Crippen LogP contribution in [0.25, 0.3) is 0 Å². The lowest BCUT2D eigenvalue weighted by Crippen LogP contribution is -2.33. The summed E-state index contributed by atoms with van der Waals surface area (Å²) < 4.78 is 32.2. The first-order valence-electron chi connectivity index (χ1n) is 12.1. The van der Waals surface area contributed by atoms with E-state index in [2.05, 4.69) is 39.8 Å². The zero-order valence-corrected chi connectivity index (χ0v) is 21.4. The van der Waals surface area contributed by atoms with E-state index in [-0.39, 0.29) is 41.0 Å². The fourth-order valence-electron chi connectivity index (χ4n) is 5.82. The molecule has 3 atom stereocenters. The SMILES string of the molecule is Cc1cc(C(C)C)c(CC(=O)CS(=O)(=O)c2cc3c(o2)C2CCC(C2)C3(C)O)c(C(C)C)c1. The van der Waals surface area contributed by atoms with Crippen LogP contribution in [-0.4, -0.2) is 25.1 Å². The van der Waals surface area contributed by atoms with Crippen LogP contribution in [0.4, 0.5) is 0 Å². The maximum atomic E-state index is 13.2. The van der Waals surface area contributed by atoms with Crippen LogP contribution in [0.15, 0.2) is 27.7 Å². The number of aliphatic hydroxyl groups is 1. The van der Waals surface area contributed by atoms with E-state index >= 15 is 0 Å². The Balaban J connectivity index is 1.62. The van der Waals surface area contributed by atoms with Gasteiger partial charge in [0.25, 0.3) is 0 Å². The predicted octanol–water partition coefficient (Wildman–Crippen LogP) is 5.53. The van der Waals surface area contributed by atoms with Crippen LogP contribution in [0.5, 0.6) is 0 Å². The third-order valence-electron chi connectivity index (χ3n) is 7.62. The molecular formula is C27H36O5S. The molecule has 33 heavy (non-hydrogen) atoms. The van der Waals surface area contributed by atoms with Gasteiger partial charge in [0.15, 0.2) is 5.78 Å². The summed E-state index contributed by atoms with van der Waals surface area (Å²) in [5, 5.41) is 10.8. The van der Waals surface area contributed by atoms with Gasteiger partial charge in [0, 0.05) is 24.0 Å². The van der Waals surface area contributed by atoms with Crippen LogP contribution in [-0.2, 0) is 26.7 Å². The molecule has 1 aromatic heterocycles. The fraction of sp³-hybridized carbons (Fsp3) is 0.593. The van der Waals surface area contributed by atoms with Gasteiger partial charge in [-0.3, -0.25) is 4.79 Å². The van der Waals surface area contributed by atoms with Crippen molar-refractivity contribution in [3.63, 3.8) is 0 Å². The number of sulfone groups is 1. The third kappa shape index (κ3) is 4.32. The van der Waals surface area contributed by atoms with Crippen molar-refractivity contribution in [2.75, 3.05) is 5.75 Å². The van der Waals surface area contributed by atoms with Crippen molar-refractivity contribution in [3.8, 4) is 0 Å². The van der Waals surface area contributed by atoms with Gasteiger partial charge in [0.05, 0.1) is 5.60 Å². The number of fused-ring (bicyclic) bond motifs is 4. The minimum atomic E-state index is -3.94. The molecule has 0 saturated heterocycles. The quantitative estimate of drug-likeness (QED) is 0.573. The largest absolute Gasteiger partial charge is 0.449 e.